The highest BCUT2D eigenvalue weighted by Crippen LogP contribution is 2.27. The quantitative estimate of drug-likeness (QED) is 0.934. The zero-order valence-electron chi connectivity index (χ0n) is 11.4. The number of benzene rings is 1. The predicted octanol–water partition coefficient (Wildman–Crippen LogP) is 3.53. The van der Waals surface area contributed by atoms with Crippen molar-refractivity contribution in [2.45, 2.75) is 27.4 Å². The van der Waals surface area contributed by atoms with Gasteiger partial charge in [-0.25, -0.2) is 4.79 Å². The molecular weight excluding hydrogens is 282 g/mol. The maximum atomic E-state index is 11.0. The van der Waals surface area contributed by atoms with Crippen molar-refractivity contribution in [3.05, 3.63) is 45.3 Å². The van der Waals surface area contributed by atoms with Gasteiger partial charge in [0.15, 0.2) is 5.69 Å². The molecule has 0 saturated heterocycles. The monoisotopic (exact) mass is 295 g/mol. The Balaban J connectivity index is 2.21. The molecule has 0 atom stereocenters. The van der Waals surface area contributed by atoms with Crippen LogP contribution in [0.3, 0.4) is 0 Å². The standard InChI is InChI=1S/C14H14ClNO4/c1-7-4-10(5-8(2)12(7)15)19-6-11-9(3)20-16-13(11)14(17)18/h4-5H,6H2,1-3H3,(H,17,18). The van der Waals surface area contributed by atoms with Crippen LogP contribution in [0, 0.1) is 20.8 Å². The van der Waals surface area contributed by atoms with Gasteiger partial charge in [0.1, 0.15) is 18.1 Å². The van der Waals surface area contributed by atoms with E-state index < -0.39 is 5.97 Å². The number of carboxylic acid groups (broad SMARTS) is 1. The minimum atomic E-state index is -1.14. The second kappa shape index (κ2) is 5.54. The molecule has 0 spiro atoms. The van der Waals surface area contributed by atoms with Crippen molar-refractivity contribution < 1.29 is 19.2 Å². The molecule has 106 valence electrons. The van der Waals surface area contributed by atoms with E-state index >= 15 is 0 Å². The number of aryl methyl sites for hydroxylation is 3. The molecule has 1 aromatic heterocycles. The van der Waals surface area contributed by atoms with Gasteiger partial charge in [0, 0.05) is 5.02 Å². The summed E-state index contributed by atoms with van der Waals surface area (Å²) in [6, 6.07) is 3.61. The molecule has 6 heteroatoms. The van der Waals surface area contributed by atoms with Crippen molar-refractivity contribution >= 4 is 17.6 Å². The van der Waals surface area contributed by atoms with E-state index in [1.807, 2.05) is 13.8 Å². The van der Waals surface area contributed by atoms with Gasteiger partial charge in [0.25, 0.3) is 0 Å². The van der Waals surface area contributed by atoms with Crippen LogP contribution in [0.4, 0.5) is 0 Å². The van der Waals surface area contributed by atoms with E-state index in [0.717, 1.165) is 11.1 Å². The number of rotatable bonds is 4. The van der Waals surface area contributed by atoms with Crippen LogP contribution in [-0.4, -0.2) is 16.2 Å². The summed E-state index contributed by atoms with van der Waals surface area (Å²) in [4.78, 5) is 11.0. The Kier molecular flexibility index (Phi) is 3.99. The Morgan fingerprint density at radius 1 is 1.35 bits per heavy atom. The lowest BCUT2D eigenvalue weighted by Gasteiger charge is -2.09. The van der Waals surface area contributed by atoms with Crippen molar-refractivity contribution in [3.8, 4) is 5.75 Å². The van der Waals surface area contributed by atoms with E-state index in [2.05, 4.69) is 5.16 Å². The van der Waals surface area contributed by atoms with E-state index in [1.165, 1.54) is 0 Å². The van der Waals surface area contributed by atoms with Crippen LogP contribution >= 0.6 is 11.6 Å². The fraction of sp³-hybridized carbons (Fsp3) is 0.286. The highest BCUT2D eigenvalue weighted by Gasteiger charge is 2.19. The topological polar surface area (TPSA) is 72.6 Å². The van der Waals surface area contributed by atoms with Crippen molar-refractivity contribution in [1.82, 2.24) is 5.16 Å². The molecule has 0 bridgehead atoms. The van der Waals surface area contributed by atoms with E-state index in [4.69, 9.17) is 26.0 Å². The second-order valence-corrected chi connectivity index (χ2v) is 4.91. The van der Waals surface area contributed by atoms with Crippen LogP contribution in [0.15, 0.2) is 16.7 Å². The smallest absolute Gasteiger partial charge is 0.358 e. The summed E-state index contributed by atoms with van der Waals surface area (Å²) in [6.45, 7) is 5.50. The van der Waals surface area contributed by atoms with Gasteiger partial charge < -0.3 is 14.4 Å². The molecular formula is C14H14ClNO4. The molecule has 1 aromatic carbocycles. The van der Waals surface area contributed by atoms with Crippen molar-refractivity contribution in [3.63, 3.8) is 0 Å². The lowest BCUT2D eigenvalue weighted by atomic mass is 10.1. The number of hydrogen-bond donors (Lipinski definition) is 1. The fourth-order valence-electron chi connectivity index (χ4n) is 1.87. The number of carboxylic acids is 1. The molecule has 20 heavy (non-hydrogen) atoms. The largest absolute Gasteiger partial charge is 0.489 e. The Morgan fingerprint density at radius 2 is 1.95 bits per heavy atom. The molecule has 1 N–H and O–H groups in total. The van der Waals surface area contributed by atoms with E-state index in [0.29, 0.717) is 22.1 Å². The molecule has 0 fully saturated rings. The first-order chi connectivity index (χ1) is 9.40. The Hall–Kier alpha value is -2.01. The van der Waals surface area contributed by atoms with Crippen LogP contribution in [0.2, 0.25) is 5.02 Å². The first-order valence-corrected chi connectivity index (χ1v) is 6.36. The van der Waals surface area contributed by atoms with E-state index in [1.54, 1.807) is 19.1 Å². The van der Waals surface area contributed by atoms with Gasteiger partial charge in [-0.05, 0) is 44.0 Å². The second-order valence-electron chi connectivity index (χ2n) is 4.53. The average molecular weight is 296 g/mol. The predicted molar refractivity (Wildman–Crippen MR) is 73.5 cm³/mol. The van der Waals surface area contributed by atoms with Crippen molar-refractivity contribution in [2.75, 3.05) is 0 Å². The third-order valence-electron chi connectivity index (χ3n) is 2.98. The molecule has 0 radical (unpaired) electrons. The Bertz CT molecular complexity index is 640. The van der Waals surface area contributed by atoms with Gasteiger partial charge in [0.2, 0.25) is 0 Å². The molecule has 0 saturated carbocycles. The normalized spacial score (nSPS) is 10.6. The van der Waals surface area contributed by atoms with Gasteiger partial charge >= 0.3 is 5.97 Å². The lowest BCUT2D eigenvalue weighted by Crippen LogP contribution is -2.05. The summed E-state index contributed by atoms with van der Waals surface area (Å²) in [5.74, 6) is -0.0740. The summed E-state index contributed by atoms with van der Waals surface area (Å²) in [5, 5.41) is 13.2. The highest BCUT2D eigenvalue weighted by atomic mass is 35.5. The van der Waals surface area contributed by atoms with Crippen LogP contribution in [0.5, 0.6) is 5.75 Å². The van der Waals surface area contributed by atoms with Gasteiger partial charge in [-0.3, -0.25) is 0 Å². The van der Waals surface area contributed by atoms with Crippen LogP contribution < -0.4 is 4.74 Å². The lowest BCUT2D eigenvalue weighted by molar-refractivity contribution is 0.0683. The summed E-state index contributed by atoms with van der Waals surface area (Å²) in [7, 11) is 0. The van der Waals surface area contributed by atoms with Crippen LogP contribution in [0.25, 0.3) is 0 Å². The highest BCUT2D eigenvalue weighted by molar-refractivity contribution is 6.32. The number of halogens is 1. The number of hydrogen-bond acceptors (Lipinski definition) is 4. The first kappa shape index (κ1) is 14.4. The maximum Gasteiger partial charge on any atom is 0.358 e. The third kappa shape index (κ3) is 2.77. The molecule has 0 amide bonds. The van der Waals surface area contributed by atoms with Crippen LogP contribution in [0.1, 0.15) is 32.9 Å². The average Bonchev–Trinajstić information content (AvgIpc) is 2.74. The third-order valence-corrected chi connectivity index (χ3v) is 3.58. The molecule has 1 heterocycles. The number of aromatic nitrogens is 1. The molecule has 0 aliphatic rings. The van der Waals surface area contributed by atoms with Crippen molar-refractivity contribution in [1.29, 1.82) is 0 Å². The number of nitrogens with zero attached hydrogens (tertiary/aromatic N) is 1. The van der Waals surface area contributed by atoms with Crippen molar-refractivity contribution in [2.24, 2.45) is 0 Å². The summed E-state index contributed by atoms with van der Waals surface area (Å²) >= 11 is 6.08. The molecule has 0 aliphatic carbocycles. The molecule has 2 aromatic rings. The summed E-state index contributed by atoms with van der Waals surface area (Å²) in [5.41, 5.74) is 2.12. The fourth-order valence-corrected chi connectivity index (χ4v) is 1.98. The first-order valence-electron chi connectivity index (χ1n) is 5.98. The number of ether oxygens (including phenoxy) is 1. The summed E-state index contributed by atoms with van der Waals surface area (Å²) < 4.78 is 10.5. The minimum absolute atomic E-state index is 0.0808. The van der Waals surface area contributed by atoms with Gasteiger partial charge in [-0.15, -0.1) is 0 Å². The van der Waals surface area contributed by atoms with E-state index in [9.17, 15) is 4.79 Å². The SMILES string of the molecule is Cc1cc(OCc2c(C(=O)O)noc2C)cc(C)c1Cl. The molecule has 5 nitrogen and oxygen atoms in total. The van der Waals surface area contributed by atoms with Gasteiger partial charge in [0.05, 0.1) is 5.56 Å². The summed E-state index contributed by atoms with van der Waals surface area (Å²) in [6.07, 6.45) is 0. The molecule has 0 aliphatic heterocycles. The zero-order chi connectivity index (χ0) is 14.9. The van der Waals surface area contributed by atoms with Gasteiger partial charge in [-0.2, -0.15) is 0 Å². The van der Waals surface area contributed by atoms with Crippen LogP contribution in [-0.2, 0) is 6.61 Å². The Morgan fingerprint density at radius 3 is 2.50 bits per heavy atom. The number of aromatic carboxylic acids is 1. The number of carbonyl (C=O) groups is 1. The molecule has 0 unspecified atom stereocenters. The Labute approximate surface area is 121 Å². The molecule has 2 rings (SSSR count). The van der Waals surface area contributed by atoms with E-state index in [-0.39, 0.29) is 12.3 Å². The zero-order valence-corrected chi connectivity index (χ0v) is 12.1. The minimum Gasteiger partial charge on any atom is -0.489 e. The van der Waals surface area contributed by atoms with Gasteiger partial charge in [-0.1, -0.05) is 16.8 Å². The maximum absolute atomic E-state index is 11.0.